The van der Waals surface area contributed by atoms with E-state index in [2.05, 4.69) is 17.0 Å². The zero-order valence-corrected chi connectivity index (χ0v) is 5.06. The smallest absolute Gasteiger partial charge is 0.0115 e. The van der Waals surface area contributed by atoms with Gasteiger partial charge >= 0.3 is 0 Å². The van der Waals surface area contributed by atoms with Crippen molar-refractivity contribution < 1.29 is 0 Å². The van der Waals surface area contributed by atoms with Gasteiger partial charge in [0.25, 0.3) is 0 Å². The SMILES string of the molecule is SS1=CNCC1. The van der Waals surface area contributed by atoms with Crippen molar-refractivity contribution in [2.45, 2.75) is 0 Å². The average Bonchev–Trinajstić information content (AvgIpc) is 1.86. The van der Waals surface area contributed by atoms with E-state index in [9.17, 15) is 0 Å². The van der Waals surface area contributed by atoms with Crippen LogP contribution in [0.3, 0.4) is 0 Å². The Morgan fingerprint density at radius 1 is 1.83 bits per heavy atom. The van der Waals surface area contributed by atoms with Crippen LogP contribution in [0.15, 0.2) is 0 Å². The Morgan fingerprint density at radius 3 is 2.83 bits per heavy atom. The second-order valence-electron chi connectivity index (χ2n) is 1.18. The van der Waals surface area contributed by atoms with Gasteiger partial charge in [0.15, 0.2) is 0 Å². The largest absolute Gasteiger partial charge is 0.289 e. The van der Waals surface area contributed by atoms with Crippen LogP contribution in [-0.2, 0) is 0 Å². The van der Waals surface area contributed by atoms with Crippen molar-refractivity contribution in [2.75, 3.05) is 12.3 Å². The topological polar surface area (TPSA) is 12.0 Å². The van der Waals surface area contributed by atoms with Crippen molar-refractivity contribution in [1.82, 2.24) is 5.32 Å². The third-order valence-electron chi connectivity index (χ3n) is 0.675. The van der Waals surface area contributed by atoms with Crippen LogP contribution in [-0.4, -0.2) is 17.8 Å². The maximum Gasteiger partial charge on any atom is 0.0115 e. The van der Waals surface area contributed by atoms with E-state index in [-0.39, 0.29) is 9.52 Å². The predicted molar refractivity (Wildman–Crippen MR) is 35.5 cm³/mol. The molecule has 36 valence electrons. The molecule has 1 aliphatic heterocycles. The Balaban J connectivity index is 2.45. The minimum atomic E-state index is 0.285. The summed E-state index contributed by atoms with van der Waals surface area (Å²) in [4.78, 5) is 0. The first kappa shape index (κ1) is 4.68. The molecule has 1 N–H and O–H groups in total. The van der Waals surface area contributed by atoms with E-state index in [1.807, 2.05) is 5.49 Å². The van der Waals surface area contributed by atoms with Gasteiger partial charge in [0, 0.05) is 17.8 Å². The molecule has 0 aromatic heterocycles. The van der Waals surface area contributed by atoms with E-state index in [1.54, 1.807) is 0 Å². The molecule has 0 radical (unpaired) electrons. The van der Waals surface area contributed by atoms with Crippen molar-refractivity contribution in [2.24, 2.45) is 0 Å². The van der Waals surface area contributed by atoms with Gasteiger partial charge in [0.2, 0.25) is 0 Å². The number of hydrogen-bond donors (Lipinski definition) is 2. The van der Waals surface area contributed by atoms with Crippen LogP contribution in [0, 0.1) is 0 Å². The Morgan fingerprint density at radius 2 is 2.67 bits per heavy atom. The van der Waals surface area contributed by atoms with Crippen LogP contribution in [0.1, 0.15) is 0 Å². The molecule has 0 saturated carbocycles. The number of nitrogens with one attached hydrogen (secondary N) is 1. The fourth-order valence-corrected chi connectivity index (χ4v) is 1.63. The van der Waals surface area contributed by atoms with E-state index < -0.39 is 0 Å². The molecule has 1 unspecified atom stereocenters. The summed E-state index contributed by atoms with van der Waals surface area (Å²) in [5.74, 6) is 1.21. The van der Waals surface area contributed by atoms with Gasteiger partial charge in [-0.1, -0.05) is 0 Å². The fourth-order valence-electron chi connectivity index (χ4n) is 0.378. The Kier molecular flexibility index (Phi) is 1.56. The van der Waals surface area contributed by atoms with Crippen molar-refractivity contribution in [3.63, 3.8) is 0 Å². The molecule has 1 aliphatic rings. The molecule has 0 amide bonds. The molecule has 0 fully saturated rings. The lowest BCUT2D eigenvalue weighted by Gasteiger charge is -1.80. The summed E-state index contributed by atoms with van der Waals surface area (Å²) in [5.41, 5.74) is 2.04. The van der Waals surface area contributed by atoms with E-state index in [0.29, 0.717) is 0 Å². The van der Waals surface area contributed by atoms with Crippen molar-refractivity contribution in [3.8, 4) is 0 Å². The third kappa shape index (κ3) is 0.996. The third-order valence-corrected chi connectivity index (χ3v) is 2.60. The molecule has 1 nitrogen and oxygen atoms in total. The molecular formula is C3H7NS2. The molecule has 0 spiro atoms. The minimum absolute atomic E-state index is 0.285. The maximum absolute atomic E-state index is 4.20. The summed E-state index contributed by atoms with van der Waals surface area (Å²) in [6, 6.07) is 0. The van der Waals surface area contributed by atoms with Gasteiger partial charge < -0.3 is 0 Å². The molecule has 3 heteroatoms. The average molecular weight is 121 g/mol. The first-order valence-corrected chi connectivity index (χ1v) is 4.36. The lowest BCUT2D eigenvalue weighted by atomic mass is 10.8. The summed E-state index contributed by atoms with van der Waals surface area (Å²) in [7, 11) is 0.285. The molecule has 0 aromatic rings. The van der Waals surface area contributed by atoms with Gasteiger partial charge in [-0.3, -0.25) is 5.32 Å². The standard InChI is InChI=1S/C3H7NS2/c5-6-2-1-4-3-6/h3-5H,1-2H2. The molecule has 6 heavy (non-hydrogen) atoms. The summed E-state index contributed by atoms with van der Waals surface area (Å²) in [6.07, 6.45) is 0. The van der Waals surface area contributed by atoms with E-state index in [1.165, 1.54) is 5.75 Å². The van der Waals surface area contributed by atoms with Gasteiger partial charge in [0.1, 0.15) is 0 Å². The zero-order chi connectivity index (χ0) is 4.41. The molecular weight excluding hydrogens is 114 g/mol. The highest BCUT2D eigenvalue weighted by atomic mass is 33.1. The second kappa shape index (κ2) is 2.00. The predicted octanol–water partition coefficient (Wildman–Crippen LogP) is 0.463. The summed E-state index contributed by atoms with van der Waals surface area (Å²) >= 11 is 4.20. The highest BCUT2D eigenvalue weighted by Gasteiger charge is 1.93. The van der Waals surface area contributed by atoms with E-state index in [4.69, 9.17) is 0 Å². The molecule has 1 atom stereocenters. The number of hydrogen-bond acceptors (Lipinski definition) is 2. The highest BCUT2D eigenvalue weighted by molar-refractivity contribution is 8.76. The van der Waals surface area contributed by atoms with Crippen LogP contribution in [0.5, 0.6) is 0 Å². The molecule has 0 aliphatic carbocycles. The summed E-state index contributed by atoms with van der Waals surface area (Å²) in [6.45, 7) is 1.12. The monoisotopic (exact) mass is 121 g/mol. The van der Waals surface area contributed by atoms with Gasteiger partial charge in [-0.05, 0) is 0 Å². The maximum atomic E-state index is 4.20. The molecule has 1 heterocycles. The molecule has 1 rings (SSSR count). The first-order valence-electron chi connectivity index (χ1n) is 1.85. The summed E-state index contributed by atoms with van der Waals surface area (Å²) < 4.78 is 0. The first-order chi connectivity index (χ1) is 2.89. The van der Waals surface area contributed by atoms with E-state index in [0.717, 1.165) is 6.54 Å². The normalized spacial score (nSPS) is 33.2. The van der Waals surface area contributed by atoms with Crippen LogP contribution in [0.4, 0.5) is 0 Å². The Labute approximate surface area is 44.9 Å². The van der Waals surface area contributed by atoms with Crippen LogP contribution in [0.2, 0.25) is 0 Å². The number of rotatable bonds is 0. The van der Waals surface area contributed by atoms with Crippen molar-refractivity contribution >= 4 is 26.7 Å². The minimum Gasteiger partial charge on any atom is -0.289 e. The second-order valence-corrected chi connectivity index (χ2v) is 4.03. The van der Waals surface area contributed by atoms with Gasteiger partial charge in [-0.2, -0.15) is 0 Å². The quantitative estimate of drug-likeness (QED) is 0.269. The molecule has 0 aromatic carbocycles. The summed E-state index contributed by atoms with van der Waals surface area (Å²) in [5, 5.41) is 3.08. The Bertz CT molecular complexity index is 78.9. The Hall–Kier alpha value is 0.530. The van der Waals surface area contributed by atoms with Crippen LogP contribution in [0.25, 0.3) is 0 Å². The van der Waals surface area contributed by atoms with Crippen molar-refractivity contribution in [3.05, 3.63) is 0 Å². The molecule has 0 bridgehead atoms. The zero-order valence-electron chi connectivity index (χ0n) is 3.35. The van der Waals surface area contributed by atoms with Gasteiger partial charge in [-0.15, -0.1) is 21.2 Å². The van der Waals surface area contributed by atoms with Crippen LogP contribution < -0.4 is 5.32 Å². The van der Waals surface area contributed by atoms with Crippen molar-refractivity contribution in [1.29, 1.82) is 0 Å². The number of thiol groups is 1. The highest BCUT2D eigenvalue weighted by Crippen LogP contribution is 2.16. The fraction of sp³-hybridized carbons (Fsp3) is 0.667. The molecule has 0 saturated heterocycles. The van der Waals surface area contributed by atoms with E-state index >= 15 is 0 Å². The van der Waals surface area contributed by atoms with Gasteiger partial charge in [-0.25, -0.2) is 0 Å². The lowest BCUT2D eigenvalue weighted by molar-refractivity contribution is 1.03. The van der Waals surface area contributed by atoms with Gasteiger partial charge in [0.05, 0.1) is 0 Å². The lowest BCUT2D eigenvalue weighted by Crippen LogP contribution is -2.04. The van der Waals surface area contributed by atoms with Crippen LogP contribution >= 0.6 is 21.2 Å².